The second-order valence-corrected chi connectivity index (χ2v) is 4.58. The molecule has 0 bridgehead atoms. The Morgan fingerprint density at radius 3 is 2.62 bits per heavy atom. The van der Waals surface area contributed by atoms with E-state index in [9.17, 15) is 0 Å². The van der Waals surface area contributed by atoms with Crippen LogP contribution in [0.5, 0.6) is 0 Å². The number of anilines is 1. The van der Waals surface area contributed by atoms with E-state index in [4.69, 9.17) is 5.73 Å². The van der Waals surface area contributed by atoms with E-state index in [0.29, 0.717) is 0 Å². The van der Waals surface area contributed by atoms with Gasteiger partial charge in [0.25, 0.3) is 0 Å². The lowest BCUT2D eigenvalue weighted by Gasteiger charge is -2.04. The fraction of sp³-hybridized carbons (Fsp3) is 0.154. The van der Waals surface area contributed by atoms with Gasteiger partial charge in [0.2, 0.25) is 0 Å². The number of nitrogen functional groups attached to an aromatic ring is 1. The summed E-state index contributed by atoms with van der Waals surface area (Å²) in [5.41, 5.74) is 7.97. The molecule has 1 aromatic heterocycles. The Morgan fingerprint density at radius 2 is 1.88 bits per heavy atom. The highest BCUT2D eigenvalue weighted by Crippen LogP contribution is 2.18. The number of nitrogens with two attached hydrogens (primary N) is 1. The van der Waals surface area contributed by atoms with E-state index < -0.39 is 0 Å². The number of aryl methyl sites for hydroxylation is 1. The molecule has 2 N–H and O–H groups in total. The van der Waals surface area contributed by atoms with Crippen LogP contribution in [0.3, 0.4) is 0 Å². The predicted molar refractivity (Wildman–Crippen MR) is 69.5 cm³/mol. The van der Waals surface area contributed by atoms with Gasteiger partial charge in [0.15, 0.2) is 0 Å². The molecule has 0 radical (unpaired) electrons. The fourth-order valence-electron chi connectivity index (χ4n) is 1.46. The molecule has 0 spiro atoms. The van der Waals surface area contributed by atoms with E-state index >= 15 is 0 Å². The highest BCUT2D eigenvalue weighted by molar-refractivity contribution is 7.99. The molecule has 82 valence electrons. The topological polar surface area (TPSA) is 38.9 Å². The van der Waals surface area contributed by atoms with Crippen LogP contribution in [0.4, 0.5) is 5.69 Å². The molecule has 16 heavy (non-hydrogen) atoms. The number of pyridine rings is 1. The Morgan fingerprint density at radius 1 is 1.06 bits per heavy atom. The van der Waals surface area contributed by atoms with E-state index in [0.717, 1.165) is 22.9 Å². The van der Waals surface area contributed by atoms with Gasteiger partial charge in [-0.15, -0.1) is 11.8 Å². The lowest BCUT2D eigenvalue weighted by atomic mass is 10.1. The molecule has 2 aromatic rings. The Bertz CT molecular complexity index is 443. The maximum Gasteiger partial charge on any atom is 0.0959 e. The molecule has 0 atom stereocenters. The van der Waals surface area contributed by atoms with Crippen molar-refractivity contribution in [2.24, 2.45) is 0 Å². The molecule has 0 unspecified atom stereocenters. The molecule has 0 fully saturated rings. The number of rotatable bonds is 4. The Balaban J connectivity index is 1.87. The third-order valence-corrected chi connectivity index (χ3v) is 3.26. The summed E-state index contributed by atoms with van der Waals surface area (Å²) in [6, 6.07) is 14.0. The average molecular weight is 230 g/mol. The van der Waals surface area contributed by atoms with Crippen LogP contribution in [0.2, 0.25) is 0 Å². The molecule has 1 heterocycles. The van der Waals surface area contributed by atoms with Crippen LogP contribution in [-0.4, -0.2) is 10.7 Å². The molecule has 0 aliphatic heterocycles. The first-order valence-corrected chi connectivity index (χ1v) is 6.22. The van der Waals surface area contributed by atoms with E-state index in [1.54, 1.807) is 11.8 Å². The minimum absolute atomic E-state index is 0.879. The zero-order chi connectivity index (χ0) is 11.2. The van der Waals surface area contributed by atoms with Gasteiger partial charge in [0, 0.05) is 17.6 Å². The summed E-state index contributed by atoms with van der Waals surface area (Å²) in [6.07, 6.45) is 2.80. The molecule has 2 rings (SSSR count). The van der Waals surface area contributed by atoms with Crippen molar-refractivity contribution >= 4 is 17.4 Å². The quantitative estimate of drug-likeness (QED) is 0.648. The Hall–Kier alpha value is -1.48. The summed E-state index contributed by atoms with van der Waals surface area (Å²) in [4.78, 5) is 4.26. The first-order chi connectivity index (χ1) is 7.86. The summed E-state index contributed by atoms with van der Waals surface area (Å²) in [5.74, 6) is 1.01. The van der Waals surface area contributed by atoms with Gasteiger partial charge in [0.05, 0.1) is 5.03 Å². The Labute approximate surface area is 99.9 Å². The average Bonchev–Trinajstić information content (AvgIpc) is 2.33. The highest BCUT2D eigenvalue weighted by atomic mass is 32.2. The van der Waals surface area contributed by atoms with Gasteiger partial charge in [-0.25, -0.2) is 4.98 Å². The molecule has 0 saturated carbocycles. The summed E-state index contributed by atoms with van der Waals surface area (Å²) in [7, 11) is 0. The molecule has 0 saturated heterocycles. The lowest BCUT2D eigenvalue weighted by molar-refractivity contribution is 1.11. The summed E-state index contributed by atoms with van der Waals surface area (Å²) in [5, 5.41) is 1.07. The zero-order valence-electron chi connectivity index (χ0n) is 8.97. The van der Waals surface area contributed by atoms with Crippen molar-refractivity contribution in [3.63, 3.8) is 0 Å². The van der Waals surface area contributed by atoms with E-state index in [2.05, 4.69) is 11.1 Å². The van der Waals surface area contributed by atoms with E-state index in [1.807, 2.05) is 42.6 Å². The first-order valence-electron chi connectivity index (χ1n) is 5.23. The van der Waals surface area contributed by atoms with Gasteiger partial charge in [0.1, 0.15) is 0 Å². The fourth-order valence-corrected chi connectivity index (χ4v) is 2.30. The van der Waals surface area contributed by atoms with Crippen molar-refractivity contribution in [3.8, 4) is 0 Å². The maximum absolute atomic E-state index is 5.88. The standard InChI is InChI=1S/C13H14N2S/c14-12-6-2-1-5-11(12)8-10-16-13-7-3-4-9-15-13/h1-7,9H,8,10,14H2. The van der Waals surface area contributed by atoms with Crippen LogP contribution in [0.25, 0.3) is 0 Å². The van der Waals surface area contributed by atoms with Gasteiger partial charge in [-0.05, 0) is 30.2 Å². The highest BCUT2D eigenvalue weighted by Gasteiger charge is 1.99. The van der Waals surface area contributed by atoms with Crippen LogP contribution < -0.4 is 5.73 Å². The Kier molecular flexibility index (Phi) is 3.83. The number of benzene rings is 1. The van der Waals surface area contributed by atoms with Crippen LogP contribution >= 0.6 is 11.8 Å². The molecule has 3 heteroatoms. The summed E-state index contributed by atoms with van der Waals surface area (Å²) < 4.78 is 0. The lowest BCUT2D eigenvalue weighted by Crippen LogP contribution is -1.95. The van der Waals surface area contributed by atoms with Crippen LogP contribution in [0, 0.1) is 0 Å². The van der Waals surface area contributed by atoms with E-state index in [-0.39, 0.29) is 0 Å². The number of hydrogen-bond donors (Lipinski definition) is 1. The zero-order valence-corrected chi connectivity index (χ0v) is 9.78. The van der Waals surface area contributed by atoms with Crippen molar-refractivity contribution in [1.82, 2.24) is 4.98 Å². The van der Waals surface area contributed by atoms with Gasteiger partial charge in [-0.1, -0.05) is 24.3 Å². The normalized spacial score (nSPS) is 10.2. The van der Waals surface area contributed by atoms with Crippen molar-refractivity contribution in [2.45, 2.75) is 11.4 Å². The summed E-state index contributed by atoms with van der Waals surface area (Å²) in [6.45, 7) is 0. The molecule has 0 amide bonds. The molecular formula is C13H14N2S. The van der Waals surface area contributed by atoms with Crippen LogP contribution in [0.1, 0.15) is 5.56 Å². The van der Waals surface area contributed by atoms with Crippen molar-refractivity contribution in [2.75, 3.05) is 11.5 Å². The van der Waals surface area contributed by atoms with Crippen molar-refractivity contribution in [3.05, 3.63) is 54.2 Å². The van der Waals surface area contributed by atoms with Crippen molar-refractivity contribution < 1.29 is 0 Å². The van der Waals surface area contributed by atoms with Crippen LogP contribution in [0.15, 0.2) is 53.7 Å². The minimum atomic E-state index is 0.879. The minimum Gasteiger partial charge on any atom is -0.399 e. The predicted octanol–water partition coefficient (Wildman–Crippen LogP) is 3.00. The number of thioether (sulfide) groups is 1. The second-order valence-electron chi connectivity index (χ2n) is 3.47. The molecule has 0 aliphatic carbocycles. The van der Waals surface area contributed by atoms with Crippen LogP contribution in [-0.2, 0) is 6.42 Å². The third-order valence-electron chi connectivity index (χ3n) is 2.31. The molecule has 1 aromatic carbocycles. The second kappa shape index (κ2) is 5.56. The molecule has 2 nitrogen and oxygen atoms in total. The maximum atomic E-state index is 5.88. The van der Waals surface area contributed by atoms with Gasteiger partial charge >= 0.3 is 0 Å². The van der Waals surface area contributed by atoms with Gasteiger partial charge < -0.3 is 5.73 Å². The largest absolute Gasteiger partial charge is 0.399 e. The molecule has 0 aliphatic rings. The monoisotopic (exact) mass is 230 g/mol. The number of hydrogen-bond acceptors (Lipinski definition) is 3. The van der Waals surface area contributed by atoms with Crippen molar-refractivity contribution in [1.29, 1.82) is 0 Å². The summed E-state index contributed by atoms with van der Waals surface area (Å²) >= 11 is 1.76. The first kappa shape index (κ1) is 11.0. The number of para-hydroxylation sites is 1. The molecular weight excluding hydrogens is 216 g/mol. The number of nitrogens with zero attached hydrogens (tertiary/aromatic N) is 1. The van der Waals surface area contributed by atoms with Gasteiger partial charge in [-0.2, -0.15) is 0 Å². The third kappa shape index (κ3) is 3.00. The van der Waals surface area contributed by atoms with Gasteiger partial charge in [-0.3, -0.25) is 0 Å². The van der Waals surface area contributed by atoms with E-state index in [1.165, 1.54) is 5.56 Å². The SMILES string of the molecule is Nc1ccccc1CCSc1ccccn1. The smallest absolute Gasteiger partial charge is 0.0959 e. The number of aromatic nitrogens is 1.